The van der Waals surface area contributed by atoms with Gasteiger partial charge in [0.05, 0.1) is 11.4 Å². The summed E-state index contributed by atoms with van der Waals surface area (Å²) >= 11 is 0. The van der Waals surface area contributed by atoms with Crippen molar-refractivity contribution in [2.75, 3.05) is 5.73 Å². The molecule has 0 unspecified atom stereocenters. The van der Waals surface area contributed by atoms with E-state index in [0.29, 0.717) is 0 Å². The summed E-state index contributed by atoms with van der Waals surface area (Å²) in [4.78, 5) is 0. The molecule has 0 aromatic heterocycles. The fourth-order valence-electron chi connectivity index (χ4n) is 1.42. The molecule has 3 heteroatoms. The number of azo groups is 1. The van der Waals surface area contributed by atoms with Crippen LogP contribution < -0.4 is 5.73 Å². The average molecular weight is 225 g/mol. The summed E-state index contributed by atoms with van der Waals surface area (Å²) in [6.07, 6.45) is 0. The lowest BCUT2D eigenvalue weighted by Crippen LogP contribution is -1.87. The van der Waals surface area contributed by atoms with Crippen LogP contribution in [0.3, 0.4) is 0 Å². The Morgan fingerprint density at radius 1 is 0.824 bits per heavy atom. The molecule has 0 atom stereocenters. The van der Waals surface area contributed by atoms with Crippen LogP contribution in [-0.4, -0.2) is 0 Å². The van der Waals surface area contributed by atoms with Gasteiger partial charge in [-0.1, -0.05) is 23.8 Å². The second-order valence-corrected chi connectivity index (χ2v) is 4.08. The third-order valence-electron chi connectivity index (χ3n) is 2.58. The number of rotatable bonds is 2. The molecule has 86 valence electrons. The minimum Gasteiger partial charge on any atom is -0.398 e. The van der Waals surface area contributed by atoms with Gasteiger partial charge in [-0.05, 0) is 43.7 Å². The molecule has 0 radical (unpaired) electrons. The van der Waals surface area contributed by atoms with Gasteiger partial charge in [0.2, 0.25) is 0 Å². The zero-order valence-electron chi connectivity index (χ0n) is 10.0. The number of hydrogen-bond acceptors (Lipinski definition) is 3. The van der Waals surface area contributed by atoms with E-state index in [0.717, 1.165) is 22.6 Å². The molecule has 0 aliphatic carbocycles. The molecule has 0 amide bonds. The maximum absolute atomic E-state index is 5.81. The molecule has 2 N–H and O–H groups in total. The van der Waals surface area contributed by atoms with E-state index in [1.807, 2.05) is 56.3 Å². The highest BCUT2D eigenvalue weighted by Gasteiger charge is 1.95. The van der Waals surface area contributed by atoms with Crippen LogP contribution in [0.4, 0.5) is 17.1 Å². The molecule has 17 heavy (non-hydrogen) atoms. The van der Waals surface area contributed by atoms with Crippen molar-refractivity contribution in [1.82, 2.24) is 0 Å². The van der Waals surface area contributed by atoms with Gasteiger partial charge in [0.1, 0.15) is 0 Å². The van der Waals surface area contributed by atoms with Gasteiger partial charge in [0, 0.05) is 5.69 Å². The van der Waals surface area contributed by atoms with Crippen molar-refractivity contribution in [2.24, 2.45) is 10.2 Å². The van der Waals surface area contributed by atoms with Crippen molar-refractivity contribution in [2.45, 2.75) is 13.8 Å². The summed E-state index contributed by atoms with van der Waals surface area (Å²) in [5.74, 6) is 0. The van der Waals surface area contributed by atoms with E-state index >= 15 is 0 Å². The lowest BCUT2D eigenvalue weighted by Gasteiger charge is -1.99. The third-order valence-corrected chi connectivity index (χ3v) is 2.58. The molecule has 0 aliphatic rings. The predicted molar refractivity (Wildman–Crippen MR) is 70.9 cm³/mol. The monoisotopic (exact) mass is 225 g/mol. The van der Waals surface area contributed by atoms with Crippen LogP contribution in [0.2, 0.25) is 0 Å². The molecule has 0 fully saturated rings. The molecular weight excluding hydrogens is 210 g/mol. The zero-order valence-corrected chi connectivity index (χ0v) is 10.0. The first-order valence-electron chi connectivity index (χ1n) is 5.50. The van der Waals surface area contributed by atoms with Crippen LogP contribution in [0.25, 0.3) is 0 Å². The van der Waals surface area contributed by atoms with Gasteiger partial charge < -0.3 is 5.73 Å². The first-order chi connectivity index (χ1) is 8.15. The first kappa shape index (κ1) is 11.3. The minimum atomic E-state index is 0.741. The minimum absolute atomic E-state index is 0.741. The number of nitrogens with zero attached hydrogens (tertiary/aromatic N) is 2. The second kappa shape index (κ2) is 4.78. The van der Waals surface area contributed by atoms with Crippen molar-refractivity contribution >= 4 is 17.1 Å². The molecule has 0 heterocycles. The Morgan fingerprint density at radius 3 is 2.06 bits per heavy atom. The Balaban J connectivity index is 2.20. The highest BCUT2D eigenvalue weighted by Crippen LogP contribution is 2.22. The standard InChI is InChI=1S/C14H15N3/c1-10-3-6-12(7-4-10)16-17-13-8-5-11(2)14(15)9-13/h3-9H,15H2,1-2H3. The van der Waals surface area contributed by atoms with E-state index < -0.39 is 0 Å². The van der Waals surface area contributed by atoms with Crippen molar-refractivity contribution in [3.63, 3.8) is 0 Å². The molecule has 0 bridgehead atoms. The number of benzene rings is 2. The molecular formula is C14H15N3. The number of nitrogens with two attached hydrogens (primary N) is 1. The van der Waals surface area contributed by atoms with Crippen LogP contribution >= 0.6 is 0 Å². The highest BCUT2D eigenvalue weighted by molar-refractivity contribution is 5.55. The van der Waals surface area contributed by atoms with Crippen LogP contribution in [0.5, 0.6) is 0 Å². The molecule has 2 aromatic carbocycles. The topological polar surface area (TPSA) is 50.7 Å². The van der Waals surface area contributed by atoms with Gasteiger partial charge in [0.25, 0.3) is 0 Å². The normalized spacial score (nSPS) is 10.9. The summed E-state index contributed by atoms with van der Waals surface area (Å²) in [7, 11) is 0. The number of aryl methyl sites for hydroxylation is 2. The average Bonchev–Trinajstić information content (AvgIpc) is 2.33. The molecule has 3 nitrogen and oxygen atoms in total. The Kier molecular flexibility index (Phi) is 3.19. The molecule has 0 saturated carbocycles. The van der Waals surface area contributed by atoms with E-state index in [1.54, 1.807) is 0 Å². The van der Waals surface area contributed by atoms with E-state index in [4.69, 9.17) is 5.73 Å². The van der Waals surface area contributed by atoms with Gasteiger partial charge in [-0.15, -0.1) is 0 Å². The van der Waals surface area contributed by atoms with Gasteiger partial charge >= 0.3 is 0 Å². The summed E-state index contributed by atoms with van der Waals surface area (Å²) in [6.45, 7) is 4.01. The summed E-state index contributed by atoms with van der Waals surface area (Å²) < 4.78 is 0. The van der Waals surface area contributed by atoms with E-state index in [9.17, 15) is 0 Å². The number of anilines is 1. The smallest absolute Gasteiger partial charge is 0.0877 e. The zero-order chi connectivity index (χ0) is 12.3. The van der Waals surface area contributed by atoms with Gasteiger partial charge in [-0.25, -0.2) is 0 Å². The van der Waals surface area contributed by atoms with Gasteiger partial charge in [0.15, 0.2) is 0 Å². The van der Waals surface area contributed by atoms with Crippen molar-refractivity contribution in [3.8, 4) is 0 Å². The fraction of sp³-hybridized carbons (Fsp3) is 0.143. The van der Waals surface area contributed by atoms with E-state index in [-0.39, 0.29) is 0 Å². The Morgan fingerprint density at radius 2 is 1.41 bits per heavy atom. The van der Waals surface area contributed by atoms with E-state index in [1.165, 1.54) is 5.56 Å². The maximum atomic E-state index is 5.81. The quantitative estimate of drug-likeness (QED) is 0.601. The van der Waals surface area contributed by atoms with Gasteiger partial charge in [-0.2, -0.15) is 10.2 Å². The van der Waals surface area contributed by atoms with Crippen LogP contribution in [0.1, 0.15) is 11.1 Å². The second-order valence-electron chi connectivity index (χ2n) is 4.08. The molecule has 0 aliphatic heterocycles. The van der Waals surface area contributed by atoms with Crippen molar-refractivity contribution in [3.05, 3.63) is 53.6 Å². The fourth-order valence-corrected chi connectivity index (χ4v) is 1.42. The molecule has 0 saturated heterocycles. The Bertz CT molecular complexity index is 542. The Labute approximate surface area is 101 Å². The first-order valence-corrected chi connectivity index (χ1v) is 5.50. The lowest BCUT2D eigenvalue weighted by atomic mass is 10.2. The lowest BCUT2D eigenvalue weighted by molar-refractivity contribution is 1.22. The molecule has 2 rings (SSSR count). The van der Waals surface area contributed by atoms with Crippen molar-refractivity contribution in [1.29, 1.82) is 0 Å². The molecule has 2 aromatic rings. The summed E-state index contributed by atoms with van der Waals surface area (Å²) in [6, 6.07) is 13.6. The third kappa shape index (κ3) is 2.91. The Hall–Kier alpha value is -2.16. The van der Waals surface area contributed by atoms with Crippen LogP contribution in [-0.2, 0) is 0 Å². The molecule has 0 spiro atoms. The van der Waals surface area contributed by atoms with E-state index in [2.05, 4.69) is 10.2 Å². The summed E-state index contributed by atoms with van der Waals surface area (Å²) in [5, 5.41) is 8.31. The number of hydrogen-bond donors (Lipinski definition) is 1. The summed E-state index contributed by atoms with van der Waals surface area (Å²) in [5.41, 5.74) is 10.4. The highest BCUT2D eigenvalue weighted by atomic mass is 15.1. The maximum Gasteiger partial charge on any atom is 0.0877 e. The van der Waals surface area contributed by atoms with Crippen molar-refractivity contribution < 1.29 is 0 Å². The van der Waals surface area contributed by atoms with Crippen LogP contribution in [0.15, 0.2) is 52.7 Å². The van der Waals surface area contributed by atoms with Gasteiger partial charge in [-0.3, -0.25) is 0 Å². The number of nitrogen functional groups attached to an aromatic ring is 1. The SMILES string of the molecule is Cc1ccc(N=Nc2ccc(C)c(N)c2)cc1. The largest absolute Gasteiger partial charge is 0.398 e. The predicted octanol–water partition coefficient (Wildman–Crippen LogP) is 4.30. The van der Waals surface area contributed by atoms with Crippen LogP contribution in [0, 0.1) is 13.8 Å².